The number of thiophene rings is 1. The number of carboxylic acids is 1. The Hall–Kier alpha value is -1.89. The molecule has 1 amide bonds. The van der Waals surface area contributed by atoms with E-state index in [1.807, 2.05) is 20.0 Å². The van der Waals surface area contributed by atoms with Crippen LogP contribution in [0, 0.1) is 6.92 Å². The Balaban J connectivity index is 2.07. The molecule has 6 nitrogen and oxygen atoms in total. The van der Waals surface area contributed by atoms with Crippen molar-refractivity contribution < 1.29 is 14.7 Å². The molecule has 2 rings (SSSR count). The van der Waals surface area contributed by atoms with E-state index in [-0.39, 0.29) is 18.4 Å². The van der Waals surface area contributed by atoms with Gasteiger partial charge in [0, 0.05) is 24.9 Å². The molecule has 20 heavy (non-hydrogen) atoms. The molecule has 2 heterocycles. The fourth-order valence-corrected chi connectivity index (χ4v) is 3.05. The third kappa shape index (κ3) is 2.98. The maximum atomic E-state index is 12.1. The van der Waals surface area contributed by atoms with Gasteiger partial charge in [-0.15, -0.1) is 11.3 Å². The maximum absolute atomic E-state index is 12.1. The number of carbonyl (C=O) groups is 2. The molecule has 2 N–H and O–H groups in total. The summed E-state index contributed by atoms with van der Waals surface area (Å²) in [5, 5.41) is 16.7. The van der Waals surface area contributed by atoms with Crippen LogP contribution in [0.3, 0.4) is 0 Å². The number of hydrogen-bond donors (Lipinski definition) is 2. The Morgan fingerprint density at radius 2 is 2.25 bits per heavy atom. The van der Waals surface area contributed by atoms with Crippen LogP contribution in [0.2, 0.25) is 0 Å². The highest BCUT2D eigenvalue weighted by Gasteiger charge is 2.16. The zero-order valence-corrected chi connectivity index (χ0v) is 12.5. The van der Waals surface area contributed by atoms with Crippen LogP contribution in [-0.2, 0) is 11.8 Å². The molecule has 0 radical (unpaired) electrons. The number of rotatable bonds is 5. The highest BCUT2D eigenvalue weighted by molar-refractivity contribution is 7.20. The quantitative estimate of drug-likeness (QED) is 0.882. The fraction of sp³-hybridized carbons (Fsp3) is 0.462. The van der Waals surface area contributed by atoms with Gasteiger partial charge in [-0.1, -0.05) is 0 Å². The minimum Gasteiger partial charge on any atom is -0.481 e. The second-order valence-electron chi connectivity index (χ2n) is 4.85. The first-order valence-corrected chi connectivity index (χ1v) is 7.16. The molecule has 0 spiro atoms. The molecular formula is C13H17N3O3S. The van der Waals surface area contributed by atoms with E-state index in [4.69, 9.17) is 5.11 Å². The second-order valence-corrected chi connectivity index (χ2v) is 5.88. The lowest BCUT2D eigenvalue weighted by Gasteiger charge is -2.11. The number of aliphatic carboxylic acids is 1. The van der Waals surface area contributed by atoms with E-state index in [1.165, 1.54) is 11.3 Å². The smallest absolute Gasteiger partial charge is 0.303 e. The number of hydrogen-bond acceptors (Lipinski definition) is 4. The van der Waals surface area contributed by atoms with E-state index in [2.05, 4.69) is 10.4 Å². The van der Waals surface area contributed by atoms with Gasteiger partial charge in [-0.3, -0.25) is 14.3 Å². The molecular weight excluding hydrogens is 278 g/mol. The summed E-state index contributed by atoms with van der Waals surface area (Å²) in [6, 6.07) is 1.67. The molecule has 2 aromatic heterocycles. The normalized spacial score (nSPS) is 12.6. The number of aromatic nitrogens is 2. The Morgan fingerprint density at radius 1 is 1.55 bits per heavy atom. The van der Waals surface area contributed by atoms with E-state index >= 15 is 0 Å². The Morgan fingerprint density at radius 3 is 2.85 bits per heavy atom. The van der Waals surface area contributed by atoms with Crippen LogP contribution in [0.15, 0.2) is 6.07 Å². The van der Waals surface area contributed by atoms with Crippen LogP contribution in [0.1, 0.15) is 35.1 Å². The molecule has 0 saturated heterocycles. The molecule has 2 aromatic rings. The van der Waals surface area contributed by atoms with Crippen molar-refractivity contribution in [1.82, 2.24) is 15.1 Å². The summed E-state index contributed by atoms with van der Waals surface area (Å²) in [6.07, 6.45) is 0.476. The summed E-state index contributed by atoms with van der Waals surface area (Å²) in [4.78, 5) is 24.2. The number of nitrogens with zero attached hydrogens (tertiary/aromatic N) is 2. The number of fused-ring (bicyclic) bond motifs is 1. The van der Waals surface area contributed by atoms with Gasteiger partial charge in [0.05, 0.1) is 10.6 Å². The molecule has 108 valence electrons. The van der Waals surface area contributed by atoms with Crippen LogP contribution in [-0.4, -0.2) is 32.8 Å². The standard InChI is InChI=1S/C13H17N3O3S/c1-7(4-5-11(17)18)14-12(19)10-6-9-8(2)15-16(3)13(9)20-10/h6-7H,4-5H2,1-3H3,(H,14,19)(H,17,18). The van der Waals surface area contributed by atoms with Gasteiger partial charge in [0.2, 0.25) is 0 Å². The number of nitrogens with one attached hydrogen (secondary N) is 1. The van der Waals surface area contributed by atoms with Crippen LogP contribution < -0.4 is 5.32 Å². The van der Waals surface area contributed by atoms with Crippen LogP contribution in [0.5, 0.6) is 0 Å². The van der Waals surface area contributed by atoms with Gasteiger partial charge in [0.15, 0.2) is 0 Å². The van der Waals surface area contributed by atoms with Gasteiger partial charge < -0.3 is 10.4 Å². The number of carboxylic acid groups (broad SMARTS) is 1. The average molecular weight is 295 g/mol. The fourth-order valence-electron chi connectivity index (χ4n) is 2.02. The Bertz CT molecular complexity index is 625. The lowest BCUT2D eigenvalue weighted by atomic mass is 10.2. The zero-order valence-electron chi connectivity index (χ0n) is 11.6. The number of carbonyl (C=O) groups excluding carboxylic acids is 1. The zero-order chi connectivity index (χ0) is 14.9. The van der Waals surface area contributed by atoms with Crippen molar-refractivity contribution in [1.29, 1.82) is 0 Å². The highest BCUT2D eigenvalue weighted by Crippen LogP contribution is 2.27. The highest BCUT2D eigenvalue weighted by atomic mass is 32.1. The van der Waals surface area contributed by atoms with E-state index in [0.29, 0.717) is 11.3 Å². The summed E-state index contributed by atoms with van der Waals surface area (Å²) in [5.74, 6) is -1.02. The molecule has 0 fully saturated rings. The minimum atomic E-state index is -0.852. The van der Waals surface area contributed by atoms with Crippen molar-refractivity contribution in [2.75, 3.05) is 0 Å². The first-order valence-electron chi connectivity index (χ1n) is 6.34. The van der Waals surface area contributed by atoms with Crippen LogP contribution in [0.25, 0.3) is 10.2 Å². The summed E-state index contributed by atoms with van der Waals surface area (Å²) < 4.78 is 1.76. The Labute approximate surface area is 120 Å². The molecule has 0 aliphatic rings. The van der Waals surface area contributed by atoms with Crippen LogP contribution >= 0.6 is 11.3 Å². The minimum absolute atomic E-state index is 0.0525. The van der Waals surface area contributed by atoms with Gasteiger partial charge in [-0.05, 0) is 26.3 Å². The molecule has 0 saturated carbocycles. The van der Waals surface area contributed by atoms with Crippen molar-refractivity contribution in [3.63, 3.8) is 0 Å². The molecule has 1 atom stereocenters. The summed E-state index contributed by atoms with van der Waals surface area (Å²) >= 11 is 1.39. The van der Waals surface area contributed by atoms with Crippen molar-refractivity contribution in [2.24, 2.45) is 7.05 Å². The largest absolute Gasteiger partial charge is 0.481 e. The summed E-state index contributed by atoms with van der Waals surface area (Å²) in [7, 11) is 1.85. The lowest BCUT2D eigenvalue weighted by molar-refractivity contribution is -0.137. The topological polar surface area (TPSA) is 84.2 Å². The molecule has 0 aliphatic carbocycles. The lowest BCUT2D eigenvalue weighted by Crippen LogP contribution is -2.32. The number of aryl methyl sites for hydroxylation is 2. The summed E-state index contributed by atoms with van der Waals surface area (Å²) in [5.41, 5.74) is 0.900. The van der Waals surface area contributed by atoms with Gasteiger partial charge in [0.1, 0.15) is 4.83 Å². The molecule has 0 aromatic carbocycles. The molecule has 7 heteroatoms. The molecule has 0 aliphatic heterocycles. The number of amides is 1. The monoisotopic (exact) mass is 295 g/mol. The van der Waals surface area contributed by atoms with Gasteiger partial charge in [0.25, 0.3) is 5.91 Å². The summed E-state index contributed by atoms with van der Waals surface area (Å²) in [6.45, 7) is 3.72. The first-order chi connectivity index (χ1) is 9.38. The third-order valence-corrected chi connectivity index (χ3v) is 4.29. The Kier molecular flexibility index (Phi) is 4.08. The predicted octanol–water partition coefficient (Wildman–Crippen LogP) is 1.93. The van der Waals surface area contributed by atoms with E-state index in [0.717, 1.165) is 15.9 Å². The van der Waals surface area contributed by atoms with Crippen LogP contribution in [0.4, 0.5) is 0 Å². The average Bonchev–Trinajstić information content (AvgIpc) is 2.90. The molecule has 0 bridgehead atoms. The van der Waals surface area contributed by atoms with E-state index in [1.54, 1.807) is 11.6 Å². The second kappa shape index (κ2) is 5.62. The van der Waals surface area contributed by atoms with Crippen molar-refractivity contribution >= 4 is 33.4 Å². The van der Waals surface area contributed by atoms with Gasteiger partial charge >= 0.3 is 5.97 Å². The first kappa shape index (κ1) is 14.5. The maximum Gasteiger partial charge on any atom is 0.303 e. The van der Waals surface area contributed by atoms with Crippen molar-refractivity contribution in [2.45, 2.75) is 32.7 Å². The van der Waals surface area contributed by atoms with Crippen molar-refractivity contribution in [3.05, 3.63) is 16.6 Å². The SMILES string of the molecule is Cc1nn(C)c2sc(C(=O)NC(C)CCC(=O)O)cc12. The van der Waals surface area contributed by atoms with Gasteiger partial charge in [-0.25, -0.2) is 0 Å². The van der Waals surface area contributed by atoms with Gasteiger partial charge in [-0.2, -0.15) is 5.10 Å². The molecule has 1 unspecified atom stereocenters. The van der Waals surface area contributed by atoms with E-state index < -0.39 is 5.97 Å². The van der Waals surface area contributed by atoms with Crippen molar-refractivity contribution in [3.8, 4) is 0 Å². The van der Waals surface area contributed by atoms with E-state index in [9.17, 15) is 9.59 Å². The third-order valence-electron chi connectivity index (χ3n) is 3.09. The predicted molar refractivity (Wildman–Crippen MR) is 77.1 cm³/mol.